The second-order valence-corrected chi connectivity index (χ2v) is 4.42. The molecule has 0 heterocycles. The largest absolute Gasteiger partial charge is 0.506 e. The van der Waals surface area contributed by atoms with Crippen molar-refractivity contribution in [1.82, 2.24) is 0 Å². The zero-order chi connectivity index (χ0) is 13.8. The van der Waals surface area contributed by atoms with Crippen molar-refractivity contribution in [2.45, 2.75) is 6.54 Å². The third kappa shape index (κ3) is 2.91. The third-order valence-electron chi connectivity index (χ3n) is 3.01. The molecular weight excluding hydrogens is 240 g/mol. The lowest BCUT2D eigenvalue weighted by Crippen LogP contribution is -2.17. The lowest BCUT2D eigenvalue weighted by Gasteiger charge is -2.22. The van der Waals surface area contributed by atoms with Crippen molar-refractivity contribution in [2.75, 3.05) is 24.8 Å². The average molecular weight is 258 g/mol. The van der Waals surface area contributed by atoms with Crippen molar-refractivity contribution in [2.24, 2.45) is 0 Å². The van der Waals surface area contributed by atoms with Gasteiger partial charge in [0.05, 0.1) is 18.5 Å². The molecule has 0 unspecified atom stereocenters. The molecule has 0 aliphatic heterocycles. The van der Waals surface area contributed by atoms with Gasteiger partial charge in [-0.3, -0.25) is 0 Å². The van der Waals surface area contributed by atoms with E-state index in [0.717, 1.165) is 17.0 Å². The number of methoxy groups -OCH3 is 1. The van der Waals surface area contributed by atoms with E-state index in [2.05, 4.69) is 4.90 Å². The topological polar surface area (TPSA) is 58.7 Å². The van der Waals surface area contributed by atoms with Gasteiger partial charge in [-0.25, -0.2) is 0 Å². The lowest BCUT2D eigenvalue weighted by molar-refractivity contribution is 0.415. The fourth-order valence-corrected chi connectivity index (χ4v) is 2.01. The number of benzene rings is 2. The molecule has 2 rings (SSSR count). The zero-order valence-electron chi connectivity index (χ0n) is 11.1. The van der Waals surface area contributed by atoms with Crippen LogP contribution in [0.1, 0.15) is 5.56 Å². The van der Waals surface area contributed by atoms with Crippen LogP contribution in [0, 0.1) is 0 Å². The summed E-state index contributed by atoms with van der Waals surface area (Å²) in [7, 11) is 3.64. The number of ether oxygens (including phenoxy) is 1. The zero-order valence-corrected chi connectivity index (χ0v) is 11.1. The Balaban J connectivity index is 2.20. The van der Waals surface area contributed by atoms with Crippen LogP contribution in [-0.4, -0.2) is 19.3 Å². The van der Waals surface area contributed by atoms with Gasteiger partial charge in [0.25, 0.3) is 0 Å². The molecule has 0 bridgehead atoms. The highest BCUT2D eigenvalue weighted by Crippen LogP contribution is 2.28. The molecule has 0 spiro atoms. The normalized spacial score (nSPS) is 10.2. The third-order valence-corrected chi connectivity index (χ3v) is 3.01. The smallest absolute Gasteiger partial charge is 0.142 e. The molecule has 2 aromatic rings. The van der Waals surface area contributed by atoms with Crippen LogP contribution in [0.2, 0.25) is 0 Å². The summed E-state index contributed by atoms with van der Waals surface area (Å²) in [5.41, 5.74) is 8.13. The van der Waals surface area contributed by atoms with Gasteiger partial charge >= 0.3 is 0 Å². The monoisotopic (exact) mass is 258 g/mol. The number of nitrogens with zero attached hydrogens (tertiary/aromatic N) is 1. The molecule has 19 heavy (non-hydrogen) atoms. The Morgan fingerprint density at radius 2 is 1.95 bits per heavy atom. The Labute approximate surface area is 113 Å². The second kappa shape index (κ2) is 5.52. The van der Waals surface area contributed by atoms with Crippen molar-refractivity contribution in [3.63, 3.8) is 0 Å². The molecule has 0 aliphatic rings. The van der Waals surface area contributed by atoms with Crippen LogP contribution in [0.5, 0.6) is 11.5 Å². The first-order valence-corrected chi connectivity index (χ1v) is 6.03. The van der Waals surface area contributed by atoms with E-state index in [1.54, 1.807) is 19.2 Å². The predicted octanol–water partition coefficient (Wildman–Crippen LogP) is 2.62. The van der Waals surface area contributed by atoms with Crippen molar-refractivity contribution in [3.05, 3.63) is 48.0 Å². The van der Waals surface area contributed by atoms with Crippen molar-refractivity contribution in [3.8, 4) is 11.5 Å². The van der Waals surface area contributed by atoms with E-state index in [0.29, 0.717) is 12.2 Å². The minimum absolute atomic E-state index is 0.115. The molecule has 0 amide bonds. The highest BCUT2D eigenvalue weighted by atomic mass is 16.5. The van der Waals surface area contributed by atoms with Gasteiger partial charge in [-0.15, -0.1) is 0 Å². The molecule has 0 fully saturated rings. The first-order chi connectivity index (χ1) is 9.11. The fourth-order valence-electron chi connectivity index (χ4n) is 2.01. The maximum Gasteiger partial charge on any atom is 0.142 e. The fraction of sp³-hybridized carbons (Fsp3) is 0.200. The van der Waals surface area contributed by atoms with Gasteiger partial charge in [-0.1, -0.05) is 18.2 Å². The van der Waals surface area contributed by atoms with Gasteiger partial charge < -0.3 is 20.5 Å². The van der Waals surface area contributed by atoms with E-state index >= 15 is 0 Å². The Morgan fingerprint density at radius 3 is 2.63 bits per heavy atom. The summed E-state index contributed by atoms with van der Waals surface area (Å²) >= 11 is 0. The van der Waals surface area contributed by atoms with Crippen molar-refractivity contribution < 1.29 is 9.84 Å². The summed E-state index contributed by atoms with van der Waals surface area (Å²) in [5, 5.41) is 9.42. The summed E-state index contributed by atoms with van der Waals surface area (Å²) < 4.78 is 5.34. The number of nitrogen functional groups attached to an aromatic ring is 1. The molecule has 4 nitrogen and oxygen atoms in total. The quantitative estimate of drug-likeness (QED) is 0.654. The minimum Gasteiger partial charge on any atom is -0.506 e. The van der Waals surface area contributed by atoms with E-state index in [9.17, 15) is 5.11 Å². The van der Waals surface area contributed by atoms with Crippen LogP contribution in [-0.2, 0) is 6.54 Å². The Morgan fingerprint density at radius 1 is 1.21 bits per heavy atom. The number of phenols is 1. The Kier molecular flexibility index (Phi) is 3.80. The van der Waals surface area contributed by atoms with E-state index in [1.807, 2.05) is 37.4 Å². The molecule has 0 aromatic heterocycles. The van der Waals surface area contributed by atoms with Crippen LogP contribution in [0.15, 0.2) is 42.5 Å². The molecule has 0 saturated carbocycles. The number of anilines is 2. The Bertz CT molecular complexity index is 570. The number of aromatic hydroxyl groups is 1. The SMILES string of the molecule is COc1ccccc1N(C)Cc1ccc(O)c(N)c1. The number of hydrogen-bond acceptors (Lipinski definition) is 4. The number of phenolic OH excluding ortho intramolecular Hbond substituents is 1. The highest BCUT2D eigenvalue weighted by molar-refractivity contribution is 5.59. The second-order valence-electron chi connectivity index (χ2n) is 4.42. The van der Waals surface area contributed by atoms with Gasteiger partial charge in [-0.05, 0) is 29.8 Å². The van der Waals surface area contributed by atoms with E-state index in [1.165, 1.54) is 0 Å². The average Bonchev–Trinajstić information content (AvgIpc) is 2.43. The number of nitrogens with two attached hydrogens (primary N) is 1. The molecule has 100 valence electrons. The maximum absolute atomic E-state index is 9.42. The number of rotatable bonds is 4. The van der Waals surface area contributed by atoms with E-state index < -0.39 is 0 Å². The molecule has 0 radical (unpaired) electrons. The summed E-state index contributed by atoms with van der Waals surface area (Å²) in [6.07, 6.45) is 0. The molecule has 2 aromatic carbocycles. The summed E-state index contributed by atoms with van der Waals surface area (Å²) in [4.78, 5) is 2.07. The standard InChI is InChI=1S/C15H18N2O2/c1-17(13-5-3-4-6-15(13)19-2)10-11-7-8-14(18)12(16)9-11/h3-9,18H,10,16H2,1-2H3. The summed E-state index contributed by atoms with van der Waals surface area (Å²) in [6, 6.07) is 13.1. The summed E-state index contributed by atoms with van der Waals surface area (Å²) in [5.74, 6) is 0.945. The van der Waals surface area contributed by atoms with Crippen LogP contribution in [0.25, 0.3) is 0 Å². The van der Waals surface area contributed by atoms with Gasteiger partial charge in [0.2, 0.25) is 0 Å². The van der Waals surface area contributed by atoms with Crippen molar-refractivity contribution in [1.29, 1.82) is 0 Å². The van der Waals surface area contributed by atoms with E-state index in [4.69, 9.17) is 10.5 Å². The van der Waals surface area contributed by atoms with Gasteiger partial charge in [0.1, 0.15) is 11.5 Å². The number of para-hydroxylation sites is 2. The highest BCUT2D eigenvalue weighted by Gasteiger charge is 2.08. The van der Waals surface area contributed by atoms with Gasteiger partial charge in [-0.2, -0.15) is 0 Å². The summed E-state index contributed by atoms with van der Waals surface area (Å²) in [6.45, 7) is 0.685. The van der Waals surface area contributed by atoms with Crippen LogP contribution in [0.4, 0.5) is 11.4 Å². The lowest BCUT2D eigenvalue weighted by atomic mass is 10.1. The Hall–Kier alpha value is -2.36. The minimum atomic E-state index is 0.115. The molecular formula is C15H18N2O2. The van der Waals surface area contributed by atoms with Gasteiger partial charge in [0, 0.05) is 13.6 Å². The van der Waals surface area contributed by atoms with Crippen LogP contribution >= 0.6 is 0 Å². The molecule has 0 aliphatic carbocycles. The number of hydrogen-bond donors (Lipinski definition) is 2. The van der Waals surface area contributed by atoms with E-state index in [-0.39, 0.29) is 5.75 Å². The first-order valence-electron chi connectivity index (χ1n) is 6.03. The van der Waals surface area contributed by atoms with Crippen LogP contribution in [0.3, 0.4) is 0 Å². The van der Waals surface area contributed by atoms with Crippen molar-refractivity contribution >= 4 is 11.4 Å². The molecule has 3 N–H and O–H groups in total. The molecule has 0 atom stereocenters. The maximum atomic E-state index is 9.42. The first kappa shape index (κ1) is 13.1. The molecule has 0 saturated heterocycles. The molecule has 4 heteroatoms. The predicted molar refractivity (Wildman–Crippen MR) is 77.6 cm³/mol. The van der Waals surface area contributed by atoms with Crippen LogP contribution < -0.4 is 15.4 Å². The van der Waals surface area contributed by atoms with Gasteiger partial charge in [0.15, 0.2) is 0 Å².